The van der Waals surface area contributed by atoms with Crippen molar-refractivity contribution < 1.29 is 4.79 Å². The zero-order chi connectivity index (χ0) is 15.9. The Balaban J connectivity index is 1.50. The van der Waals surface area contributed by atoms with Crippen LogP contribution in [0.4, 0.5) is 11.4 Å². The van der Waals surface area contributed by atoms with Crippen LogP contribution in [0.5, 0.6) is 0 Å². The molecule has 23 heavy (non-hydrogen) atoms. The van der Waals surface area contributed by atoms with Crippen molar-refractivity contribution in [1.29, 1.82) is 0 Å². The maximum atomic E-state index is 12.0. The largest absolute Gasteiger partial charge is 0.372 e. The highest BCUT2D eigenvalue weighted by Gasteiger charge is 2.11. The number of hydrogen-bond donors (Lipinski definition) is 1. The van der Waals surface area contributed by atoms with E-state index in [1.807, 2.05) is 24.3 Å². The van der Waals surface area contributed by atoms with Gasteiger partial charge in [-0.05, 0) is 61.6 Å². The highest BCUT2D eigenvalue weighted by Crippen LogP contribution is 2.21. The fourth-order valence-electron chi connectivity index (χ4n) is 2.94. The van der Waals surface area contributed by atoms with Gasteiger partial charge in [0.15, 0.2) is 0 Å². The Kier molecular flexibility index (Phi) is 5.25. The van der Waals surface area contributed by atoms with E-state index in [0.717, 1.165) is 24.3 Å². The molecule has 1 N–H and O–H groups in total. The van der Waals surface area contributed by atoms with E-state index in [9.17, 15) is 4.79 Å². The number of anilines is 2. The number of nitrogens with zero attached hydrogens (tertiary/aromatic N) is 2. The van der Waals surface area contributed by atoms with Crippen molar-refractivity contribution in [3.63, 3.8) is 0 Å². The second-order valence-corrected chi connectivity index (χ2v) is 6.00. The first-order chi connectivity index (χ1) is 11.3. The second-order valence-electron chi connectivity index (χ2n) is 6.00. The lowest BCUT2D eigenvalue weighted by atomic mass is 10.1. The summed E-state index contributed by atoms with van der Waals surface area (Å²) in [6, 6.07) is 12.1. The first-order valence-corrected chi connectivity index (χ1v) is 8.35. The standard InChI is InChI=1S/C19H23N3O/c23-19(11-6-16-5-4-12-20-15-16)21-17-7-9-18(10-8-17)22-13-2-1-3-14-22/h4-5,7-10,12,15H,1-3,6,11,13-14H2,(H,21,23). The zero-order valence-electron chi connectivity index (χ0n) is 13.4. The summed E-state index contributed by atoms with van der Waals surface area (Å²) in [6.07, 6.45) is 8.61. The Morgan fingerprint density at radius 2 is 1.87 bits per heavy atom. The molecule has 1 fully saturated rings. The van der Waals surface area contributed by atoms with E-state index in [0.29, 0.717) is 12.8 Å². The molecule has 1 aromatic carbocycles. The summed E-state index contributed by atoms with van der Waals surface area (Å²) in [7, 11) is 0. The lowest BCUT2D eigenvalue weighted by Gasteiger charge is -2.28. The molecule has 120 valence electrons. The van der Waals surface area contributed by atoms with Gasteiger partial charge < -0.3 is 10.2 Å². The molecule has 0 aliphatic carbocycles. The molecule has 4 heteroatoms. The summed E-state index contributed by atoms with van der Waals surface area (Å²) in [6.45, 7) is 2.27. The molecule has 0 atom stereocenters. The topological polar surface area (TPSA) is 45.2 Å². The minimum Gasteiger partial charge on any atom is -0.372 e. The Morgan fingerprint density at radius 3 is 2.57 bits per heavy atom. The minimum atomic E-state index is 0.0413. The average Bonchev–Trinajstić information content (AvgIpc) is 2.62. The van der Waals surface area contributed by atoms with Crippen molar-refractivity contribution in [2.45, 2.75) is 32.1 Å². The number of nitrogens with one attached hydrogen (secondary N) is 1. The number of aryl methyl sites for hydroxylation is 1. The van der Waals surface area contributed by atoms with Gasteiger partial charge in [-0.3, -0.25) is 9.78 Å². The summed E-state index contributed by atoms with van der Waals surface area (Å²) < 4.78 is 0. The van der Waals surface area contributed by atoms with E-state index in [1.165, 1.54) is 24.9 Å². The molecule has 0 unspecified atom stereocenters. The van der Waals surface area contributed by atoms with Gasteiger partial charge in [0, 0.05) is 43.3 Å². The van der Waals surface area contributed by atoms with Crippen LogP contribution in [0.3, 0.4) is 0 Å². The normalized spacial score (nSPS) is 14.5. The quantitative estimate of drug-likeness (QED) is 0.917. The van der Waals surface area contributed by atoms with E-state index >= 15 is 0 Å². The highest BCUT2D eigenvalue weighted by atomic mass is 16.1. The van der Waals surface area contributed by atoms with Crippen molar-refractivity contribution in [2.24, 2.45) is 0 Å². The molecule has 1 aromatic heterocycles. The van der Waals surface area contributed by atoms with Gasteiger partial charge in [0.1, 0.15) is 0 Å². The van der Waals surface area contributed by atoms with E-state index in [2.05, 4.69) is 27.3 Å². The van der Waals surface area contributed by atoms with Crippen molar-refractivity contribution >= 4 is 17.3 Å². The number of pyridine rings is 1. The number of benzene rings is 1. The number of piperidine rings is 1. The summed E-state index contributed by atoms with van der Waals surface area (Å²) in [5, 5.41) is 2.96. The molecule has 3 rings (SSSR count). The molecule has 1 aliphatic rings. The maximum absolute atomic E-state index is 12.0. The molecule has 0 radical (unpaired) electrons. The lowest BCUT2D eigenvalue weighted by Crippen LogP contribution is -2.29. The highest BCUT2D eigenvalue weighted by molar-refractivity contribution is 5.91. The average molecular weight is 309 g/mol. The number of carbonyl (C=O) groups is 1. The molecule has 0 saturated carbocycles. The first kappa shape index (κ1) is 15.5. The molecule has 4 nitrogen and oxygen atoms in total. The van der Waals surface area contributed by atoms with E-state index in [1.54, 1.807) is 12.4 Å². The van der Waals surface area contributed by atoms with Gasteiger partial charge in [-0.1, -0.05) is 6.07 Å². The summed E-state index contributed by atoms with van der Waals surface area (Å²) >= 11 is 0. The van der Waals surface area contributed by atoms with Crippen molar-refractivity contribution in [3.05, 3.63) is 54.4 Å². The Morgan fingerprint density at radius 1 is 1.09 bits per heavy atom. The number of hydrogen-bond acceptors (Lipinski definition) is 3. The van der Waals surface area contributed by atoms with Crippen LogP contribution in [0.25, 0.3) is 0 Å². The first-order valence-electron chi connectivity index (χ1n) is 8.35. The van der Waals surface area contributed by atoms with Crippen LogP contribution in [0.2, 0.25) is 0 Å². The minimum absolute atomic E-state index is 0.0413. The lowest BCUT2D eigenvalue weighted by molar-refractivity contribution is -0.116. The van der Waals surface area contributed by atoms with Gasteiger partial charge in [-0.15, -0.1) is 0 Å². The van der Waals surface area contributed by atoms with Crippen molar-refractivity contribution in [1.82, 2.24) is 4.98 Å². The van der Waals surface area contributed by atoms with Crippen molar-refractivity contribution in [2.75, 3.05) is 23.3 Å². The van der Waals surface area contributed by atoms with E-state index in [-0.39, 0.29) is 5.91 Å². The molecule has 2 aromatic rings. The number of rotatable bonds is 5. The Labute approximate surface area is 137 Å². The summed E-state index contributed by atoms with van der Waals surface area (Å²) in [5.74, 6) is 0.0413. The van der Waals surface area contributed by atoms with Crippen LogP contribution in [-0.2, 0) is 11.2 Å². The van der Waals surface area contributed by atoms with Crippen LogP contribution in [-0.4, -0.2) is 24.0 Å². The molecule has 0 bridgehead atoms. The molecule has 2 heterocycles. The van der Waals surface area contributed by atoms with Gasteiger partial charge in [-0.2, -0.15) is 0 Å². The van der Waals surface area contributed by atoms with Crippen LogP contribution in [0, 0.1) is 0 Å². The smallest absolute Gasteiger partial charge is 0.224 e. The third-order valence-corrected chi connectivity index (χ3v) is 4.24. The molecule has 1 aliphatic heterocycles. The predicted octanol–water partition coefficient (Wildman–Crippen LogP) is 3.64. The molecule has 1 amide bonds. The van der Waals surface area contributed by atoms with Crippen LogP contribution in [0.1, 0.15) is 31.2 Å². The Hall–Kier alpha value is -2.36. The number of aromatic nitrogens is 1. The molecular weight excluding hydrogens is 286 g/mol. The molecule has 0 spiro atoms. The predicted molar refractivity (Wildman–Crippen MR) is 93.7 cm³/mol. The van der Waals surface area contributed by atoms with Crippen molar-refractivity contribution in [3.8, 4) is 0 Å². The van der Waals surface area contributed by atoms with E-state index < -0.39 is 0 Å². The zero-order valence-corrected chi connectivity index (χ0v) is 13.4. The monoisotopic (exact) mass is 309 g/mol. The van der Waals surface area contributed by atoms with E-state index in [4.69, 9.17) is 0 Å². The molecule has 1 saturated heterocycles. The third-order valence-electron chi connectivity index (χ3n) is 4.24. The fourth-order valence-corrected chi connectivity index (χ4v) is 2.94. The summed E-state index contributed by atoms with van der Waals surface area (Å²) in [4.78, 5) is 18.5. The van der Waals surface area contributed by atoms with Gasteiger partial charge >= 0.3 is 0 Å². The number of amides is 1. The van der Waals surface area contributed by atoms with Crippen LogP contribution >= 0.6 is 0 Å². The third kappa shape index (κ3) is 4.55. The maximum Gasteiger partial charge on any atom is 0.224 e. The Bertz CT molecular complexity index is 619. The molecular formula is C19H23N3O. The van der Waals surface area contributed by atoms with Gasteiger partial charge in [0.25, 0.3) is 0 Å². The SMILES string of the molecule is O=C(CCc1cccnc1)Nc1ccc(N2CCCCC2)cc1. The fraction of sp³-hybridized carbons (Fsp3) is 0.368. The van der Waals surface area contributed by atoms with Crippen LogP contribution in [0.15, 0.2) is 48.8 Å². The summed E-state index contributed by atoms with van der Waals surface area (Å²) in [5.41, 5.74) is 3.20. The van der Waals surface area contributed by atoms with Crippen LogP contribution < -0.4 is 10.2 Å². The van der Waals surface area contributed by atoms with Gasteiger partial charge in [0.05, 0.1) is 0 Å². The second kappa shape index (κ2) is 7.77. The number of carbonyl (C=O) groups excluding carboxylic acids is 1. The van der Waals surface area contributed by atoms with Gasteiger partial charge in [-0.25, -0.2) is 0 Å². The van der Waals surface area contributed by atoms with Gasteiger partial charge in [0.2, 0.25) is 5.91 Å².